The van der Waals surface area contributed by atoms with Gasteiger partial charge in [-0.15, -0.1) is 0 Å². The molecule has 3 aromatic rings. The fourth-order valence-electron chi connectivity index (χ4n) is 1.85. The average molecular weight is 299 g/mol. The van der Waals surface area contributed by atoms with Crippen LogP contribution in [0, 0.1) is 0 Å². The number of nitrogens with one attached hydrogen (secondary N) is 1. The SMILES string of the molecule is NC(=O)c1ccc(NCSc2nc3ccccc3o2)cc1. The van der Waals surface area contributed by atoms with E-state index in [0.717, 1.165) is 16.8 Å². The molecule has 0 bridgehead atoms. The lowest BCUT2D eigenvalue weighted by molar-refractivity contribution is 0.100. The van der Waals surface area contributed by atoms with Crippen molar-refractivity contribution in [3.05, 3.63) is 54.1 Å². The number of primary amides is 1. The first kappa shape index (κ1) is 13.5. The summed E-state index contributed by atoms with van der Waals surface area (Å²) in [5.41, 5.74) is 8.23. The number of carbonyl (C=O) groups excluding carboxylic acids is 1. The zero-order valence-electron chi connectivity index (χ0n) is 11.1. The van der Waals surface area contributed by atoms with E-state index in [4.69, 9.17) is 10.2 Å². The van der Waals surface area contributed by atoms with Crippen LogP contribution in [0.4, 0.5) is 5.69 Å². The van der Waals surface area contributed by atoms with Gasteiger partial charge in [-0.2, -0.15) is 0 Å². The second-order valence-corrected chi connectivity index (χ2v) is 5.28. The number of nitrogens with two attached hydrogens (primary N) is 1. The van der Waals surface area contributed by atoms with Gasteiger partial charge >= 0.3 is 0 Å². The van der Waals surface area contributed by atoms with Gasteiger partial charge < -0.3 is 15.5 Å². The lowest BCUT2D eigenvalue weighted by Crippen LogP contribution is -2.10. The lowest BCUT2D eigenvalue weighted by atomic mass is 10.2. The van der Waals surface area contributed by atoms with E-state index in [1.165, 1.54) is 11.8 Å². The van der Waals surface area contributed by atoms with Gasteiger partial charge in [0, 0.05) is 11.3 Å². The molecular formula is C15H13N3O2S. The number of para-hydroxylation sites is 2. The van der Waals surface area contributed by atoms with Crippen molar-refractivity contribution in [1.82, 2.24) is 4.98 Å². The van der Waals surface area contributed by atoms with Crippen molar-refractivity contribution in [2.45, 2.75) is 5.22 Å². The summed E-state index contributed by atoms with van der Waals surface area (Å²) in [6, 6.07) is 14.7. The third-order valence-corrected chi connectivity index (χ3v) is 3.63. The maximum Gasteiger partial charge on any atom is 0.258 e. The predicted molar refractivity (Wildman–Crippen MR) is 83.3 cm³/mol. The highest BCUT2D eigenvalue weighted by Crippen LogP contribution is 2.23. The Hall–Kier alpha value is -2.47. The van der Waals surface area contributed by atoms with E-state index in [1.54, 1.807) is 12.1 Å². The molecule has 0 saturated heterocycles. The summed E-state index contributed by atoms with van der Waals surface area (Å²) in [7, 11) is 0. The van der Waals surface area contributed by atoms with E-state index in [0.29, 0.717) is 16.7 Å². The number of rotatable bonds is 5. The molecule has 0 saturated carbocycles. The molecule has 0 unspecified atom stereocenters. The van der Waals surface area contributed by atoms with E-state index in [-0.39, 0.29) is 0 Å². The van der Waals surface area contributed by atoms with Gasteiger partial charge in [0.1, 0.15) is 5.52 Å². The average Bonchev–Trinajstić information content (AvgIpc) is 2.90. The van der Waals surface area contributed by atoms with Crippen LogP contribution in [0.3, 0.4) is 0 Å². The van der Waals surface area contributed by atoms with Crippen LogP contribution < -0.4 is 11.1 Å². The van der Waals surface area contributed by atoms with Crippen LogP contribution in [0.2, 0.25) is 0 Å². The quantitative estimate of drug-likeness (QED) is 0.559. The van der Waals surface area contributed by atoms with E-state index in [9.17, 15) is 4.79 Å². The van der Waals surface area contributed by atoms with Gasteiger partial charge in [-0.05, 0) is 48.2 Å². The highest BCUT2D eigenvalue weighted by molar-refractivity contribution is 7.99. The lowest BCUT2D eigenvalue weighted by Gasteiger charge is -2.04. The number of carbonyl (C=O) groups is 1. The van der Waals surface area contributed by atoms with Gasteiger partial charge in [0.15, 0.2) is 5.58 Å². The van der Waals surface area contributed by atoms with E-state index in [2.05, 4.69) is 10.3 Å². The number of anilines is 1. The smallest absolute Gasteiger partial charge is 0.258 e. The van der Waals surface area contributed by atoms with Crippen molar-refractivity contribution >= 4 is 34.5 Å². The van der Waals surface area contributed by atoms with E-state index < -0.39 is 5.91 Å². The van der Waals surface area contributed by atoms with Gasteiger partial charge in [-0.25, -0.2) is 4.98 Å². The van der Waals surface area contributed by atoms with Gasteiger partial charge in [0.2, 0.25) is 5.91 Å². The second kappa shape index (κ2) is 5.88. The van der Waals surface area contributed by atoms with Crippen LogP contribution in [-0.4, -0.2) is 16.8 Å². The summed E-state index contributed by atoms with van der Waals surface area (Å²) < 4.78 is 5.61. The second-order valence-electron chi connectivity index (χ2n) is 4.35. The van der Waals surface area contributed by atoms with Crippen molar-refractivity contribution in [2.24, 2.45) is 5.73 Å². The molecule has 3 N–H and O–H groups in total. The summed E-state index contributed by atoms with van der Waals surface area (Å²) in [5.74, 6) is 0.185. The maximum atomic E-state index is 11.0. The highest BCUT2D eigenvalue weighted by atomic mass is 32.2. The molecular weight excluding hydrogens is 286 g/mol. The Morgan fingerprint density at radius 1 is 1.19 bits per heavy atom. The molecule has 5 nitrogen and oxygen atoms in total. The molecule has 0 fully saturated rings. The van der Waals surface area contributed by atoms with Crippen LogP contribution in [0.5, 0.6) is 0 Å². The van der Waals surface area contributed by atoms with Crippen LogP contribution in [0.25, 0.3) is 11.1 Å². The number of nitrogens with zero attached hydrogens (tertiary/aromatic N) is 1. The minimum Gasteiger partial charge on any atom is -0.431 e. The fraction of sp³-hybridized carbons (Fsp3) is 0.0667. The normalized spacial score (nSPS) is 10.7. The Labute approximate surface area is 125 Å². The number of aromatic nitrogens is 1. The molecule has 6 heteroatoms. The fourth-order valence-corrected chi connectivity index (χ4v) is 2.52. The van der Waals surface area contributed by atoms with Crippen LogP contribution in [0.15, 0.2) is 58.2 Å². The van der Waals surface area contributed by atoms with Crippen molar-refractivity contribution in [3.8, 4) is 0 Å². The Bertz CT molecular complexity index is 735. The minimum atomic E-state index is -0.428. The molecule has 21 heavy (non-hydrogen) atoms. The number of thioether (sulfide) groups is 1. The first-order chi connectivity index (χ1) is 10.2. The third-order valence-electron chi connectivity index (χ3n) is 2.92. The molecule has 3 rings (SSSR count). The molecule has 106 valence electrons. The largest absolute Gasteiger partial charge is 0.431 e. The standard InChI is InChI=1S/C15H13N3O2S/c16-14(19)10-5-7-11(8-6-10)17-9-21-15-18-12-3-1-2-4-13(12)20-15/h1-8,17H,9H2,(H2,16,19). The summed E-state index contributed by atoms with van der Waals surface area (Å²) in [4.78, 5) is 15.3. The molecule has 1 aromatic heterocycles. The molecule has 0 atom stereocenters. The molecule has 0 radical (unpaired) electrons. The van der Waals surface area contributed by atoms with Crippen molar-refractivity contribution in [3.63, 3.8) is 0 Å². The first-order valence-electron chi connectivity index (χ1n) is 6.34. The van der Waals surface area contributed by atoms with Crippen LogP contribution >= 0.6 is 11.8 Å². The Kier molecular flexibility index (Phi) is 3.79. The number of fused-ring (bicyclic) bond motifs is 1. The summed E-state index contributed by atoms with van der Waals surface area (Å²) in [5, 5.41) is 3.84. The van der Waals surface area contributed by atoms with Crippen molar-refractivity contribution < 1.29 is 9.21 Å². The molecule has 0 aliphatic carbocycles. The third kappa shape index (κ3) is 3.17. The number of amides is 1. The Morgan fingerprint density at radius 3 is 2.67 bits per heavy atom. The van der Waals surface area contributed by atoms with E-state index >= 15 is 0 Å². The number of oxazole rings is 1. The zero-order chi connectivity index (χ0) is 14.7. The van der Waals surface area contributed by atoms with Crippen molar-refractivity contribution in [2.75, 3.05) is 11.2 Å². The molecule has 1 amide bonds. The summed E-state index contributed by atoms with van der Waals surface area (Å²) >= 11 is 1.47. The Balaban J connectivity index is 1.59. The van der Waals surface area contributed by atoms with Crippen LogP contribution in [0.1, 0.15) is 10.4 Å². The van der Waals surface area contributed by atoms with Gasteiger partial charge in [0.05, 0.1) is 5.88 Å². The highest BCUT2D eigenvalue weighted by Gasteiger charge is 2.05. The summed E-state index contributed by atoms with van der Waals surface area (Å²) in [6.07, 6.45) is 0. The monoisotopic (exact) mass is 299 g/mol. The topological polar surface area (TPSA) is 81.2 Å². The summed E-state index contributed by atoms with van der Waals surface area (Å²) in [6.45, 7) is 0. The van der Waals surface area contributed by atoms with Crippen molar-refractivity contribution in [1.29, 1.82) is 0 Å². The minimum absolute atomic E-state index is 0.428. The molecule has 1 heterocycles. The Morgan fingerprint density at radius 2 is 1.95 bits per heavy atom. The first-order valence-corrected chi connectivity index (χ1v) is 7.33. The van der Waals surface area contributed by atoms with Gasteiger partial charge in [-0.3, -0.25) is 4.79 Å². The molecule has 0 aliphatic rings. The number of hydrogen-bond donors (Lipinski definition) is 2. The molecule has 2 aromatic carbocycles. The van der Waals surface area contributed by atoms with Gasteiger partial charge in [-0.1, -0.05) is 12.1 Å². The molecule has 0 spiro atoms. The number of benzene rings is 2. The maximum absolute atomic E-state index is 11.0. The predicted octanol–water partition coefficient (Wildman–Crippen LogP) is 3.09. The van der Waals surface area contributed by atoms with Gasteiger partial charge in [0.25, 0.3) is 5.22 Å². The number of hydrogen-bond acceptors (Lipinski definition) is 5. The molecule has 0 aliphatic heterocycles. The van der Waals surface area contributed by atoms with E-state index in [1.807, 2.05) is 36.4 Å². The van der Waals surface area contributed by atoms with Crippen LogP contribution in [-0.2, 0) is 0 Å². The zero-order valence-corrected chi connectivity index (χ0v) is 11.9.